The van der Waals surface area contributed by atoms with E-state index in [1.807, 2.05) is 18.3 Å². The third kappa shape index (κ3) is 3.74. The van der Waals surface area contributed by atoms with Gasteiger partial charge in [-0.15, -0.1) is 0 Å². The normalized spacial score (nSPS) is 24.5. The van der Waals surface area contributed by atoms with Gasteiger partial charge >= 0.3 is 0 Å². The number of aromatic nitrogens is 1. The van der Waals surface area contributed by atoms with Gasteiger partial charge in [-0.1, -0.05) is 33.8 Å². The van der Waals surface area contributed by atoms with Gasteiger partial charge in [0.25, 0.3) is 0 Å². The maximum atomic E-state index is 6.04. The van der Waals surface area contributed by atoms with Crippen molar-refractivity contribution in [2.75, 3.05) is 18.1 Å². The lowest BCUT2D eigenvalue weighted by atomic mass is 9.84. The molecule has 28 heavy (non-hydrogen) atoms. The lowest BCUT2D eigenvalue weighted by Gasteiger charge is -2.27. The number of benzene rings is 1. The molecule has 4 rings (SSSR count). The Morgan fingerprint density at radius 1 is 1.29 bits per heavy atom. The van der Waals surface area contributed by atoms with Crippen molar-refractivity contribution < 1.29 is 9.47 Å². The number of ether oxygens (including phenoxy) is 2. The number of nitrogens with one attached hydrogen (secondary N) is 1. The summed E-state index contributed by atoms with van der Waals surface area (Å²) in [5.41, 5.74) is 3.82. The molecule has 0 radical (unpaired) electrons. The highest BCUT2D eigenvalue weighted by molar-refractivity contribution is 5.48. The lowest BCUT2D eigenvalue weighted by Crippen LogP contribution is -2.38. The van der Waals surface area contributed by atoms with Crippen LogP contribution in [-0.2, 0) is 11.3 Å². The van der Waals surface area contributed by atoms with Crippen molar-refractivity contribution in [3.05, 3.63) is 47.7 Å². The Morgan fingerprint density at radius 3 is 2.75 bits per heavy atom. The van der Waals surface area contributed by atoms with Crippen molar-refractivity contribution in [3.63, 3.8) is 0 Å². The number of anilines is 1. The number of rotatable bonds is 4. The topological polar surface area (TPSA) is 46.6 Å². The third-order valence-corrected chi connectivity index (χ3v) is 5.92. The van der Waals surface area contributed by atoms with E-state index in [0.717, 1.165) is 31.1 Å². The minimum atomic E-state index is 0.0561. The molecule has 5 heteroatoms. The Hall–Kier alpha value is -2.11. The summed E-state index contributed by atoms with van der Waals surface area (Å²) >= 11 is 0. The van der Waals surface area contributed by atoms with Crippen LogP contribution in [-0.4, -0.2) is 23.7 Å². The Bertz CT molecular complexity index is 844. The molecule has 150 valence electrons. The second-order valence-electron chi connectivity index (χ2n) is 9.32. The van der Waals surface area contributed by atoms with Crippen LogP contribution in [0.4, 0.5) is 5.69 Å². The fourth-order valence-electron chi connectivity index (χ4n) is 3.97. The van der Waals surface area contributed by atoms with E-state index in [1.54, 1.807) is 0 Å². The molecular weight excluding hydrogens is 350 g/mol. The predicted octanol–water partition coefficient (Wildman–Crippen LogP) is 5.03. The molecule has 2 aliphatic rings. The van der Waals surface area contributed by atoms with Crippen LogP contribution in [0.15, 0.2) is 36.5 Å². The second-order valence-corrected chi connectivity index (χ2v) is 9.32. The Morgan fingerprint density at radius 2 is 2.11 bits per heavy atom. The first kappa shape index (κ1) is 19.2. The lowest BCUT2D eigenvalue weighted by molar-refractivity contribution is -0.00793. The number of fused-ring (bicyclic) bond motifs is 1. The van der Waals surface area contributed by atoms with Crippen LogP contribution < -0.4 is 15.0 Å². The minimum absolute atomic E-state index is 0.0561. The molecule has 0 aliphatic carbocycles. The third-order valence-electron chi connectivity index (χ3n) is 5.92. The van der Waals surface area contributed by atoms with Gasteiger partial charge in [0, 0.05) is 18.2 Å². The largest absolute Gasteiger partial charge is 0.439 e. The summed E-state index contributed by atoms with van der Waals surface area (Å²) in [5, 5.41) is 3.58. The molecule has 2 aliphatic heterocycles. The number of nitrogens with zero attached hydrogens (tertiary/aromatic N) is 2. The van der Waals surface area contributed by atoms with Gasteiger partial charge in [-0.2, -0.15) is 0 Å². The monoisotopic (exact) mass is 381 g/mol. The Labute approximate surface area is 168 Å². The quantitative estimate of drug-likeness (QED) is 0.805. The van der Waals surface area contributed by atoms with Crippen molar-refractivity contribution in [1.29, 1.82) is 0 Å². The van der Waals surface area contributed by atoms with Crippen LogP contribution in [0.5, 0.6) is 11.6 Å². The van der Waals surface area contributed by atoms with Crippen LogP contribution in [0.25, 0.3) is 0 Å². The Kier molecular flexibility index (Phi) is 4.84. The van der Waals surface area contributed by atoms with Crippen molar-refractivity contribution in [1.82, 2.24) is 10.3 Å². The van der Waals surface area contributed by atoms with Gasteiger partial charge in [0.2, 0.25) is 5.88 Å². The molecule has 0 spiro atoms. The number of hydrogen-bond acceptors (Lipinski definition) is 5. The molecule has 0 unspecified atom stereocenters. The van der Waals surface area contributed by atoms with Gasteiger partial charge < -0.3 is 14.4 Å². The summed E-state index contributed by atoms with van der Waals surface area (Å²) in [7, 11) is 0. The maximum Gasteiger partial charge on any atom is 0.219 e. The van der Waals surface area contributed by atoms with E-state index in [9.17, 15) is 0 Å². The van der Waals surface area contributed by atoms with Gasteiger partial charge in [0.15, 0.2) is 0 Å². The number of hydrogen-bond donors (Lipinski definition) is 1. The highest BCUT2D eigenvalue weighted by Gasteiger charge is 2.34. The zero-order chi connectivity index (χ0) is 19.9. The Balaban J connectivity index is 1.47. The maximum absolute atomic E-state index is 6.04. The molecule has 2 atom stereocenters. The van der Waals surface area contributed by atoms with Gasteiger partial charge in [-0.25, -0.2) is 4.98 Å². The molecule has 0 bridgehead atoms. The molecule has 1 N–H and O–H groups in total. The summed E-state index contributed by atoms with van der Waals surface area (Å²) in [4.78, 5) is 6.85. The van der Waals surface area contributed by atoms with Crippen molar-refractivity contribution in [2.45, 2.75) is 59.3 Å². The first-order valence-corrected chi connectivity index (χ1v) is 10.2. The van der Waals surface area contributed by atoms with Crippen LogP contribution in [0.1, 0.15) is 58.3 Å². The zero-order valence-electron chi connectivity index (χ0n) is 17.6. The molecule has 1 fully saturated rings. The summed E-state index contributed by atoms with van der Waals surface area (Å²) in [6.45, 7) is 13.6. The molecule has 1 aromatic heterocycles. The molecule has 3 heterocycles. The standard InChI is InChI=1S/C23H31N3O2/c1-6-23(5)14-26(15-25-23)17-8-10-20(24-12-17)28-18-9-7-16-13-27-21(19(16)11-18)22(2,3)4/h7-12,21,25H,6,13-15H2,1-5H3/t21-,23+/m0/s1. The van der Waals surface area contributed by atoms with Gasteiger partial charge in [0.05, 0.1) is 31.3 Å². The van der Waals surface area contributed by atoms with Gasteiger partial charge in [0.1, 0.15) is 5.75 Å². The van der Waals surface area contributed by atoms with Crippen LogP contribution in [0.3, 0.4) is 0 Å². The second kappa shape index (κ2) is 7.05. The highest BCUT2D eigenvalue weighted by Crippen LogP contribution is 2.44. The molecular formula is C23H31N3O2. The van der Waals surface area contributed by atoms with Crippen LogP contribution in [0.2, 0.25) is 0 Å². The highest BCUT2D eigenvalue weighted by atomic mass is 16.5. The van der Waals surface area contributed by atoms with E-state index in [4.69, 9.17) is 9.47 Å². The first-order valence-electron chi connectivity index (χ1n) is 10.2. The van der Waals surface area contributed by atoms with E-state index in [0.29, 0.717) is 12.5 Å². The number of pyridine rings is 1. The molecule has 1 saturated heterocycles. The molecule has 1 aromatic carbocycles. The summed E-state index contributed by atoms with van der Waals surface area (Å²) < 4.78 is 12.1. The molecule has 0 saturated carbocycles. The van der Waals surface area contributed by atoms with E-state index in [2.05, 4.69) is 68.0 Å². The molecule has 5 nitrogen and oxygen atoms in total. The average molecular weight is 382 g/mol. The molecule has 2 aromatic rings. The van der Waals surface area contributed by atoms with Crippen molar-refractivity contribution >= 4 is 5.69 Å². The smallest absolute Gasteiger partial charge is 0.219 e. The van der Waals surface area contributed by atoms with E-state index >= 15 is 0 Å². The predicted molar refractivity (Wildman–Crippen MR) is 112 cm³/mol. The molecule has 0 amide bonds. The summed E-state index contributed by atoms with van der Waals surface area (Å²) in [6, 6.07) is 10.2. The van der Waals surface area contributed by atoms with E-state index in [1.165, 1.54) is 11.1 Å². The van der Waals surface area contributed by atoms with Crippen LogP contribution in [0, 0.1) is 5.41 Å². The van der Waals surface area contributed by atoms with E-state index < -0.39 is 0 Å². The first-order chi connectivity index (χ1) is 13.3. The fraction of sp³-hybridized carbons (Fsp3) is 0.522. The fourth-order valence-corrected chi connectivity index (χ4v) is 3.97. The zero-order valence-corrected chi connectivity index (χ0v) is 17.6. The van der Waals surface area contributed by atoms with Gasteiger partial charge in [-0.05, 0) is 48.1 Å². The summed E-state index contributed by atoms with van der Waals surface area (Å²) in [6.07, 6.45) is 3.10. The van der Waals surface area contributed by atoms with Crippen LogP contribution >= 0.6 is 0 Å². The SMILES string of the molecule is CC[C@]1(C)CN(c2ccc(Oc3ccc4c(c3)[C@@H](C(C)(C)C)OC4)nc2)CN1. The van der Waals surface area contributed by atoms with Crippen molar-refractivity contribution in [2.24, 2.45) is 5.41 Å². The van der Waals surface area contributed by atoms with Crippen molar-refractivity contribution in [3.8, 4) is 11.6 Å². The van der Waals surface area contributed by atoms with E-state index in [-0.39, 0.29) is 17.1 Å². The summed E-state index contributed by atoms with van der Waals surface area (Å²) in [5.74, 6) is 1.42. The minimum Gasteiger partial charge on any atom is -0.439 e. The van der Waals surface area contributed by atoms with Gasteiger partial charge in [-0.3, -0.25) is 5.32 Å². The average Bonchev–Trinajstić information content (AvgIpc) is 3.26.